The van der Waals surface area contributed by atoms with Crippen molar-refractivity contribution in [3.63, 3.8) is 0 Å². The van der Waals surface area contributed by atoms with Gasteiger partial charge in [0.1, 0.15) is 15.5 Å². The van der Waals surface area contributed by atoms with E-state index < -0.39 is 5.97 Å². The average Bonchev–Trinajstić information content (AvgIpc) is 2.83. The molecule has 19 heavy (non-hydrogen) atoms. The summed E-state index contributed by atoms with van der Waals surface area (Å²) in [5.41, 5.74) is 0. The molecule has 0 saturated heterocycles. The van der Waals surface area contributed by atoms with Gasteiger partial charge in [-0.25, -0.2) is 14.8 Å². The monoisotopic (exact) mass is 297 g/mol. The number of fused-ring (bicyclic) bond motifs is 1. The number of thiophene rings is 1. The number of hydrogen-bond donors (Lipinski definition) is 1. The molecule has 0 saturated carbocycles. The summed E-state index contributed by atoms with van der Waals surface area (Å²) < 4.78 is 0. The van der Waals surface area contributed by atoms with E-state index in [4.69, 9.17) is 5.11 Å². The van der Waals surface area contributed by atoms with Crippen LogP contribution in [0.3, 0.4) is 0 Å². The molecule has 102 valence electrons. The van der Waals surface area contributed by atoms with Crippen molar-refractivity contribution in [2.24, 2.45) is 0 Å². The summed E-state index contributed by atoms with van der Waals surface area (Å²) in [6.45, 7) is 5.77. The fourth-order valence-electron chi connectivity index (χ4n) is 1.85. The van der Waals surface area contributed by atoms with Crippen molar-refractivity contribution in [2.45, 2.75) is 19.0 Å². The second-order valence-corrected chi connectivity index (χ2v) is 5.64. The van der Waals surface area contributed by atoms with Crippen LogP contribution in [0.2, 0.25) is 0 Å². The lowest BCUT2D eigenvalue weighted by atomic mass is 10.3. The van der Waals surface area contributed by atoms with Crippen molar-refractivity contribution in [2.75, 3.05) is 24.2 Å². The minimum Gasteiger partial charge on any atom is -0.477 e. The zero-order chi connectivity index (χ0) is 14.0. The van der Waals surface area contributed by atoms with Gasteiger partial charge < -0.3 is 10.0 Å². The van der Waals surface area contributed by atoms with E-state index in [1.54, 1.807) is 6.07 Å². The number of thioether (sulfide) groups is 1. The van der Waals surface area contributed by atoms with Crippen molar-refractivity contribution in [1.82, 2.24) is 9.97 Å². The maximum absolute atomic E-state index is 11.1. The summed E-state index contributed by atoms with van der Waals surface area (Å²) in [6.07, 6.45) is 1.92. The molecule has 5 nitrogen and oxygen atoms in total. The van der Waals surface area contributed by atoms with Crippen LogP contribution in [0.15, 0.2) is 11.2 Å². The van der Waals surface area contributed by atoms with Crippen molar-refractivity contribution in [3.05, 3.63) is 10.9 Å². The number of carbonyl (C=O) groups is 1. The van der Waals surface area contributed by atoms with Crippen molar-refractivity contribution in [3.8, 4) is 0 Å². The SMILES string of the molecule is CCN(CC)c1nc(SC)nc2sc(C(=O)O)cc12. The number of aromatic nitrogens is 2. The highest BCUT2D eigenvalue weighted by Crippen LogP contribution is 2.32. The van der Waals surface area contributed by atoms with E-state index in [-0.39, 0.29) is 0 Å². The van der Waals surface area contributed by atoms with Gasteiger partial charge in [-0.2, -0.15) is 0 Å². The average molecular weight is 297 g/mol. The lowest BCUT2D eigenvalue weighted by Gasteiger charge is -2.20. The zero-order valence-corrected chi connectivity index (χ0v) is 12.6. The Morgan fingerprint density at radius 3 is 2.63 bits per heavy atom. The first-order chi connectivity index (χ1) is 9.10. The molecule has 2 aromatic rings. The number of nitrogens with zero attached hydrogens (tertiary/aromatic N) is 3. The van der Waals surface area contributed by atoms with E-state index in [1.807, 2.05) is 6.26 Å². The van der Waals surface area contributed by atoms with Gasteiger partial charge in [0.15, 0.2) is 5.16 Å². The number of carboxylic acids is 1. The zero-order valence-electron chi connectivity index (χ0n) is 11.0. The minimum absolute atomic E-state index is 0.302. The Balaban J connectivity index is 2.68. The Labute approximate surface area is 119 Å². The van der Waals surface area contributed by atoms with Crippen LogP contribution in [0.5, 0.6) is 0 Å². The second-order valence-electron chi connectivity index (χ2n) is 3.84. The molecule has 0 spiro atoms. The van der Waals surface area contributed by atoms with Gasteiger partial charge in [-0.3, -0.25) is 0 Å². The molecule has 0 aliphatic carbocycles. The van der Waals surface area contributed by atoms with Crippen LogP contribution in [-0.4, -0.2) is 40.4 Å². The van der Waals surface area contributed by atoms with Crippen LogP contribution in [-0.2, 0) is 0 Å². The normalized spacial score (nSPS) is 10.9. The van der Waals surface area contributed by atoms with Gasteiger partial charge in [0, 0.05) is 13.1 Å². The number of rotatable bonds is 5. The van der Waals surface area contributed by atoms with Gasteiger partial charge in [0.05, 0.1) is 5.39 Å². The molecule has 0 radical (unpaired) electrons. The van der Waals surface area contributed by atoms with Gasteiger partial charge in [-0.1, -0.05) is 11.8 Å². The molecule has 0 aliphatic rings. The number of carboxylic acid groups (broad SMARTS) is 1. The number of hydrogen-bond acceptors (Lipinski definition) is 6. The first-order valence-corrected chi connectivity index (χ1v) is 7.98. The van der Waals surface area contributed by atoms with E-state index in [0.29, 0.717) is 10.0 Å². The Hall–Kier alpha value is -1.34. The molecule has 0 fully saturated rings. The Morgan fingerprint density at radius 1 is 1.42 bits per heavy atom. The third-order valence-corrected chi connectivity index (χ3v) is 4.37. The van der Waals surface area contributed by atoms with Gasteiger partial charge in [-0.05, 0) is 26.2 Å². The molecule has 1 N–H and O–H groups in total. The summed E-state index contributed by atoms with van der Waals surface area (Å²) >= 11 is 2.66. The van der Waals surface area contributed by atoms with E-state index in [2.05, 4.69) is 28.7 Å². The molecule has 0 bridgehead atoms. The van der Waals surface area contributed by atoms with Crippen molar-refractivity contribution >= 4 is 45.1 Å². The Bertz CT molecular complexity index is 608. The smallest absolute Gasteiger partial charge is 0.345 e. The van der Waals surface area contributed by atoms with Crippen molar-refractivity contribution < 1.29 is 9.90 Å². The van der Waals surface area contributed by atoms with Gasteiger partial charge in [0.2, 0.25) is 0 Å². The standard InChI is InChI=1S/C12H15N3O2S2/c1-4-15(5-2)9-7-6-8(11(16)17)19-10(7)14-12(13-9)18-3/h6H,4-5H2,1-3H3,(H,16,17). The molecule has 0 aromatic carbocycles. The molecule has 2 aromatic heterocycles. The summed E-state index contributed by atoms with van der Waals surface area (Å²) in [7, 11) is 0. The third-order valence-electron chi connectivity index (χ3n) is 2.81. The summed E-state index contributed by atoms with van der Waals surface area (Å²) in [4.78, 5) is 23.2. The van der Waals surface area contributed by atoms with Gasteiger partial charge >= 0.3 is 5.97 Å². The molecular weight excluding hydrogens is 282 g/mol. The van der Waals surface area contributed by atoms with E-state index >= 15 is 0 Å². The lowest BCUT2D eigenvalue weighted by molar-refractivity contribution is 0.0702. The number of aromatic carboxylic acids is 1. The van der Waals surface area contributed by atoms with Crippen LogP contribution in [0, 0.1) is 0 Å². The summed E-state index contributed by atoms with van der Waals surface area (Å²) in [5.74, 6) is -0.0951. The highest BCUT2D eigenvalue weighted by Gasteiger charge is 2.17. The predicted octanol–water partition coefficient (Wildman–Crippen LogP) is 2.96. The molecule has 0 atom stereocenters. The van der Waals surface area contributed by atoms with E-state index in [0.717, 1.165) is 29.1 Å². The number of anilines is 1. The van der Waals surface area contributed by atoms with Crippen LogP contribution >= 0.6 is 23.1 Å². The second kappa shape index (κ2) is 5.75. The molecule has 0 aliphatic heterocycles. The molecule has 2 heterocycles. The molecular formula is C12H15N3O2S2. The van der Waals surface area contributed by atoms with E-state index in [9.17, 15) is 4.79 Å². The molecule has 7 heteroatoms. The highest BCUT2D eigenvalue weighted by molar-refractivity contribution is 7.98. The molecule has 0 unspecified atom stereocenters. The minimum atomic E-state index is -0.917. The lowest BCUT2D eigenvalue weighted by Crippen LogP contribution is -2.23. The van der Waals surface area contributed by atoms with Crippen LogP contribution in [0.1, 0.15) is 23.5 Å². The van der Waals surface area contributed by atoms with E-state index in [1.165, 1.54) is 23.1 Å². The maximum atomic E-state index is 11.1. The van der Waals surface area contributed by atoms with Crippen molar-refractivity contribution in [1.29, 1.82) is 0 Å². The van der Waals surface area contributed by atoms with Crippen LogP contribution in [0.4, 0.5) is 5.82 Å². The highest BCUT2D eigenvalue weighted by atomic mass is 32.2. The summed E-state index contributed by atoms with van der Waals surface area (Å²) in [5, 5.41) is 10.6. The predicted molar refractivity (Wildman–Crippen MR) is 79.7 cm³/mol. The fraction of sp³-hybridized carbons (Fsp3) is 0.417. The largest absolute Gasteiger partial charge is 0.477 e. The topological polar surface area (TPSA) is 66.3 Å². The fourth-order valence-corrected chi connectivity index (χ4v) is 3.13. The Kier molecular flexibility index (Phi) is 4.26. The maximum Gasteiger partial charge on any atom is 0.345 e. The summed E-state index contributed by atoms with van der Waals surface area (Å²) in [6, 6.07) is 1.67. The quantitative estimate of drug-likeness (QED) is 0.676. The first-order valence-electron chi connectivity index (χ1n) is 5.94. The molecule has 0 amide bonds. The Morgan fingerprint density at radius 2 is 2.11 bits per heavy atom. The van der Waals surface area contributed by atoms with Gasteiger partial charge in [-0.15, -0.1) is 11.3 Å². The van der Waals surface area contributed by atoms with Gasteiger partial charge in [0.25, 0.3) is 0 Å². The third kappa shape index (κ3) is 2.66. The molecule has 2 rings (SSSR count). The first kappa shape index (κ1) is 14.1. The van der Waals surface area contributed by atoms with Crippen LogP contribution < -0.4 is 4.90 Å². The van der Waals surface area contributed by atoms with Crippen LogP contribution in [0.25, 0.3) is 10.2 Å².